The Bertz CT molecular complexity index is 1020. The Morgan fingerprint density at radius 1 is 1.04 bits per heavy atom. The molecule has 0 bridgehead atoms. The van der Waals surface area contributed by atoms with E-state index in [2.05, 4.69) is 15.9 Å². The van der Waals surface area contributed by atoms with Gasteiger partial charge in [0.25, 0.3) is 0 Å². The van der Waals surface area contributed by atoms with E-state index in [-0.39, 0.29) is 5.43 Å². The van der Waals surface area contributed by atoms with Gasteiger partial charge in [-0.3, -0.25) is 13.9 Å². The number of rotatable bonds is 1. The van der Waals surface area contributed by atoms with Gasteiger partial charge in [-0.15, -0.1) is 0 Å². The van der Waals surface area contributed by atoms with E-state index in [1.807, 2.05) is 6.07 Å². The normalized spacial score (nSPS) is 11.1. The van der Waals surface area contributed by atoms with Crippen LogP contribution in [0.3, 0.4) is 0 Å². The van der Waals surface area contributed by atoms with Crippen molar-refractivity contribution in [3.05, 3.63) is 51.1 Å². The zero-order valence-corrected chi connectivity index (χ0v) is 14.1. The fourth-order valence-electron chi connectivity index (χ4n) is 1.93. The first-order chi connectivity index (χ1) is 10.7. The Morgan fingerprint density at radius 2 is 1.57 bits per heavy atom. The summed E-state index contributed by atoms with van der Waals surface area (Å²) in [6.45, 7) is 0. The third-order valence-corrected chi connectivity index (χ3v) is 3.33. The second-order valence-electron chi connectivity index (χ2n) is 4.38. The van der Waals surface area contributed by atoms with Gasteiger partial charge in [-0.05, 0) is 36.4 Å². The third-order valence-electron chi connectivity index (χ3n) is 2.84. The fraction of sp³-hybridized carbons (Fsp3) is 0.0714. The molecule has 23 heavy (non-hydrogen) atoms. The van der Waals surface area contributed by atoms with E-state index in [1.54, 1.807) is 37.4 Å². The van der Waals surface area contributed by atoms with Gasteiger partial charge in [0.05, 0.1) is 17.9 Å². The van der Waals surface area contributed by atoms with Crippen LogP contribution in [0.15, 0.2) is 50.1 Å². The minimum atomic E-state index is -4.67. The van der Waals surface area contributed by atoms with Gasteiger partial charge in [0.2, 0.25) is 5.43 Å². The van der Waals surface area contributed by atoms with Crippen molar-refractivity contribution >= 4 is 48.3 Å². The van der Waals surface area contributed by atoms with Crippen LogP contribution in [-0.4, -0.2) is 24.6 Å². The Kier molecular flexibility index (Phi) is 5.05. The predicted octanol–water partition coefficient (Wildman–Crippen LogP) is 3.06. The maximum atomic E-state index is 12.4. The molecule has 0 fully saturated rings. The minimum absolute atomic E-state index is 0.0496. The lowest BCUT2D eigenvalue weighted by molar-refractivity contribution is 0.381. The Hall–Kier alpha value is -1.94. The third kappa shape index (κ3) is 4.52. The van der Waals surface area contributed by atoms with Gasteiger partial charge < -0.3 is 9.15 Å². The van der Waals surface area contributed by atoms with Gasteiger partial charge in [-0.2, -0.15) is 8.42 Å². The number of ether oxygens (including phenoxy) is 1. The van der Waals surface area contributed by atoms with E-state index < -0.39 is 10.4 Å². The second kappa shape index (κ2) is 6.67. The van der Waals surface area contributed by atoms with Crippen LogP contribution in [0.5, 0.6) is 5.75 Å². The van der Waals surface area contributed by atoms with Crippen LogP contribution in [0.25, 0.3) is 21.9 Å². The molecular weight excluding hydrogens is 392 g/mol. The topological polar surface area (TPSA) is 114 Å². The summed E-state index contributed by atoms with van der Waals surface area (Å²) in [5.41, 5.74) is 1.10. The average molecular weight is 403 g/mol. The lowest BCUT2D eigenvalue weighted by Crippen LogP contribution is -2.02. The Morgan fingerprint density at radius 3 is 2.13 bits per heavy atom. The molecule has 0 saturated heterocycles. The molecule has 0 aliphatic heterocycles. The molecule has 7 nitrogen and oxygen atoms in total. The SMILES string of the molecule is COc1ccc2oc3ccc(Br)cc3c(=O)c2c1.O=S(=O)(O)O. The standard InChI is InChI=1S/C14H9BrO3.H2O4S/c1-17-9-3-5-13-11(7-9)14(16)10-6-8(15)2-4-12(10)18-13;1-5(2,3)4/h2-7H,1H3;(H2,1,2,3,4). The summed E-state index contributed by atoms with van der Waals surface area (Å²) < 4.78 is 43.3. The molecule has 0 spiro atoms. The molecular formula is C14H11BrO7S. The number of benzene rings is 2. The molecule has 2 N–H and O–H groups in total. The summed E-state index contributed by atoms with van der Waals surface area (Å²) >= 11 is 3.35. The molecule has 9 heteroatoms. The highest BCUT2D eigenvalue weighted by Gasteiger charge is 2.08. The van der Waals surface area contributed by atoms with Crippen LogP contribution in [0.4, 0.5) is 0 Å². The van der Waals surface area contributed by atoms with Crippen LogP contribution in [-0.2, 0) is 10.4 Å². The van der Waals surface area contributed by atoms with E-state index in [4.69, 9.17) is 26.7 Å². The largest absolute Gasteiger partial charge is 0.497 e. The molecule has 0 unspecified atom stereocenters. The average Bonchev–Trinajstić information content (AvgIpc) is 2.46. The van der Waals surface area contributed by atoms with Gasteiger partial charge in [0.15, 0.2) is 0 Å². The van der Waals surface area contributed by atoms with Crippen molar-refractivity contribution < 1.29 is 26.7 Å². The van der Waals surface area contributed by atoms with E-state index in [9.17, 15) is 4.79 Å². The number of fused-ring (bicyclic) bond motifs is 2. The molecule has 1 aromatic heterocycles. The maximum Gasteiger partial charge on any atom is 0.394 e. The molecule has 0 aliphatic carbocycles. The van der Waals surface area contributed by atoms with Gasteiger partial charge in [-0.1, -0.05) is 15.9 Å². The molecule has 3 rings (SSSR count). The van der Waals surface area contributed by atoms with Crippen molar-refractivity contribution in [1.82, 2.24) is 0 Å². The maximum absolute atomic E-state index is 12.4. The van der Waals surface area contributed by atoms with Crippen LogP contribution >= 0.6 is 15.9 Å². The summed E-state index contributed by atoms with van der Waals surface area (Å²) in [4.78, 5) is 12.4. The molecule has 0 saturated carbocycles. The zero-order chi connectivity index (χ0) is 17.2. The minimum Gasteiger partial charge on any atom is -0.497 e. The lowest BCUT2D eigenvalue weighted by atomic mass is 10.1. The summed E-state index contributed by atoms with van der Waals surface area (Å²) in [7, 11) is -3.10. The van der Waals surface area contributed by atoms with E-state index in [0.29, 0.717) is 27.7 Å². The highest BCUT2D eigenvalue weighted by atomic mass is 79.9. The number of methoxy groups -OCH3 is 1. The van der Waals surface area contributed by atoms with Crippen LogP contribution in [0, 0.1) is 0 Å². The van der Waals surface area contributed by atoms with E-state index >= 15 is 0 Å². The summed E-state index contributed by atoms with van der Waals surface area (Å²) in [6, 6.07) is 10.6. The molecule has 122 valence electrons. The molecule has 1 heterocycles. The van der Waals surface area contributed by atoms with Gasteiger partial charge in [0.1, 0.15) is 16.9 Å². The van der Waals surface area contributed by atoms with Gasteiger partial charge >= 0.3 is 10.4 Å². The molecule has 0 aliphatic rings. The van der Waals surface area contributed by atoms with Crippen molar-refractivity contribution in [3.8, 4) is 5.75 Å². The summed E-state index contributed by atoms with van der Waals surface area (Å²) in [6.07, 6.45) is 0. The summed E-state index contributed by atoms with van der Waals surface area (Å²) in [5, 5.41) is 1.09. The molecule has 2 aromatic carbocycles. The second-order valence-corrected chi connectivity index (χ2v) is 6.19. The Balaban J connectivity index is 0.000000338. The van der Waals surface area contributed by atoms with Crippen molar-refractivity contribution in [3.63, 3.8) is 0 Å². The molecule has 3 aromatic rings. The molecule has 0 amide bonds. The first-order valence-corrected chi connectivity index (χ1v) is 8.28. The quantitative estimate of drug-likeness (QED) is 0.474. The predicted molar refractivity (Wildman–Crippen MR) is 88.4 cm³/mol. The molecule has 0 atom stereocenters. The van der Waals surface area contributed by atoms with Crippen molar-refractivity contribution in [1.29, 1.82) is 0 Å². The van der Waals surface area contributed by atoms with E-state index in [1.165, 1.54) is 0 Å². The fourth-order valence-corrected chi connectivity index (χ4v) is 2.30. The van der Waals surface area contributed by atoms with Crippen LogP contribution < -0.4 is 10.2 Å². The van der Waals surface area contributed by atoms with Crippen molar-refractivity contribution in [2.75, 3.05) is 7.11 Å². The zero-order valence-electron chi connectivity index (χ0n) is 11.7. The number of halogens is 1. The first-order valence-electron chi connectivity index (χ1n) is 6.09. The Labute approximate surface area is 139 Å². The van der Waals surface area contributed by atoms with E-state index in [0.717, 1.165) is 4.47 Å². The summed E-state index contributed by atoms with van der Waals surface area (Å²) in [5.74, 6) is 0.643. The highest BCUT2D eigenvalue weighted by Crippen LogP contribution is 2.24. The molecule has 0 radical (unpaired) electrons. The van der Waals surface area contributed by atoms with Gasteiger partial charge in [-0.25, -0.2) is 0 Å². The first kappa shape index (κ1) is 17.4. The highest BCUT2D eigenvalue weighted by molar-refractivity contribution is 9.10. The smallest absolute Gasteiger partial charge is 0.394 e. The number of hydrogen-bond acceptors (Lipinski definition) is 5. The monoisotopic (exact) mass is 402 g/mol. The lowest BCUT2D eigenvalue weighted by Gasteiger charge is -2.04. The van der Waals surface area contributed by atoms with Crippen molar-refractivity contribution in [2.24, 2.45) is 0 Å². The van der Waals surface area contributed by atoms with Crippen molar-refractivity contribution in [2.45, 2.75) is 0 Å². The van der Waals surface area contributed by atoms with Crippen LogP contribution in [0.2, 0.25) is 0 Å². The van der Waals surface area contributed by atoms with Gasteiger partial charge in [0, 0.05) is 4.47 Å². The van der Waals surface area contributed by atoms with Crippen LogP contribution in [0.1, 0.15) is 0 Å². The number of hydrogen-bond donors (Lipinski definition) is 2.